The van der Waals surface area contributed by atoms with Crippen LogP contribution in [0.4, 0.5) is 5.69 Å². The molecule has 7 nitrogen and oxygen atoms in total. The average molecular weight is 414 g/mol. The number of carbonyl (C=O) groups is 2. The summed E-state index contributed by atoms with van der Waals surface area (Å²) in [6, 6.07) is 12.5. The molecule has 0 aliphatic rings. The Hall–Kier alpha value is -3.32. The lowest BCUT2D eigenvalue weighted by Gasteiger charge is -2.10. The molecule has 0 aliphatic heterocycles. The van der Waals surface area contributed by atoms with Gasteiger partial charge in [0.1, 0.15) is 12.4 Å². The third-order valence-corrected chi connectivity index (χ3v) is 4.47. The van der Waals surface area contributed by atoms with Gasteiger partial charge < -0.3 is 14.8 Å². The molecule has 1 amide bonds. The largest absolute Gasteiger partial charge is 0.487 e. The molecule has 0 atom stereocenters. The molecular formula is C21H20ClN3O4. The fourth-order valence-corrected chi connectivity index (χ4v) is 2.83. The Morgan fingerprint density at radius 3 is 2.59 bits per heavy atom. The molecule has 3 rings (SSSR count). The van der Waals surface area contributed by atoms with Crippen LogP contribution in [0.2, 0.25) is 5.02 Å². The monoisotopic (exact) mass is 413 g/mol. The van der Waals surface area contributed by atoms with Crippen molar-refractivity contribution in [3.63, 3.8) is 0 Å². The number of esters is 1. The molecule has 0 unspecified atom stereocenters. The summed E-state index contributed by atoms with van der Waals surface area (Å²) in [5, 5.41) is 7.24. The summed E-state index contributed by atoms with van der Waals surface area (Å²) >= 11 is 6.14. The normalized spacial score (nSPS) is 10.5. The third kappa shape index (κ3) is 4.94. The molecular weight excluding hydrogens is 394 g/mol. The van der Waals surface area contributed by atoms with E-state index in [4.69, 9.17) is 16.3 Å². The number of carbonyl (C=O) groups excluding carboxylic acids is 2. The van der Waals surface area contributed by atoms with E-state index in [1.54, 1.807) is 37.4 Å². The van der Waals surface area contributed by atoms with Crippen molar-refractivity contribution in [1.29, 1.82) is 0 Å². The Kier molecular flexibility index (Phi) is 6.19. The van der Waals surface area contributed by atoms with Crippen molar-refractivity contribution in [2.24, 2.45) is 7.05 Å². The van der Waals surface area contributed by atoms with Crippen LogP contribution in [0.25, 0.3) is 0 Å². The predicted molar refractivity (Wildman–Crippen MR) is 109 cm³/mol. The smallest absolute Gasteiger partial charge is 0.360 e. The number of methoxy groups -OCH3 is 1. The summed E-state index contributed by atoms with van der Waals surface area (Å²) in [7, 11) is 2.91. The van der Waals surface area contributed by atoms with Crippen LogP contribution in [0.3, 0.4) is 0 Å². The number of rotatable bonds is 6. The second kappa shape index (κ2) is 8.79. The summed E-state index contributed by atoms with van der Waals surface area (Å²) < 4.78 is 11.9. The molecule has 0 saturated heterocycles. The van der Waals surface area contributed by atoms with Crippen molar-refractivity contribution in [2.45, 2.75) is 13.5 Å². The van der Waals surface area contributed by atoms with Gasteiger partial charge in [0.15, 0.2) is 5.69 Å². The molecule has 0 bridgehead atoms. The van der Waals surface area contributed by atoms with Gasteiger partial charge in [0.25, 0.3) is 5.91 Å². The van der Waals surface area contributed by atoms with E-state index in [1.165, 1.54) is 18.0 Å². The first kappa shape index (κ1) is 20.4. The van der Waals surface area contributed by atoms with E-state index in [0.717, 1.165) is 11.1 Å². The number of nitrogens with zero attached hydrogens (tertiary/aromatic N) is 2. The van der Waals surface area contributed by atoms with Crippen LogP contribution in [0.1, 0.15) is 32.0 Å². The van der Waals surface area contributed by atoms with Crippen molar-refractivity contribution in [3.8, 4) is 5.75 Å². The van der Waals surface area contributed by atoms with Gasteiger partial charge in [0, 0.05) is 18.8 Å². The number of aryl methyl sites for hydroxylation is 2. The van der Waals surface area contributed by atoms with E-state index in [0.29, 0.717) is 22.9 Å². The van der Waals surface area contributed by atoms with Crippen molar-refractivity contribution >= 4 is 29.2 Å². The minimum absolute atomic E-state index is 0.0448. The number of halogens is 1. The van der Waals surface area contributed by atoms with E-state index in [-0.39, 0.29) is 17.3 Å². The van der Waals surface area contributed by atoms with Gasteiger partial charge in [-0.05, 0) is 42.3 Å². The van der Waals surface area contributed by atoms with Crippen LogP contribution in [-0.2, 0) is 18.4 Å². The lowest BCUT2D eigenvalue weighted by atomic mass is 10.1. The summed E-state index contributed by atoms with van der Waals surface area (Å²) in [5.74, 6) is -0.374. The lowest BCUT2D eigenvalue weighted by molar-refractivity contribution is 0.0594. The maximum Gasteiger partial charge on any atom is 0.360 e. The molecule has 8 heteroatoms. The zero-order valence-electron chi connectivity index (χ0n) is 16.2. The molecule has 29 heavy (non-hydrogen) atoms. The predicted octanol–water partition coefficient (Wildman–Crippen LogP) is 4.00. The zero-order valence-corrected chi connectivity index (χ0v) is 17.0. The van der Waals surface area contributed by atoms with Gasteiger partial charge in [-0.25, -0.2) is 4.79 Å². The number of hydrogen-bond acceptors (Lipinski definition) is 5. The molecule has 0 saturated carbocycles. The molecule has 3 aromatic rings. The first-order valence-corrected chi connectivity index (χ1v) is 9.16. The molecule has 2 aromatic carbocycles. The fourth-order valence-electron chi connectivity index (χ4n) is 2.66. The molecule has 150 valence electrons. The number of aromatic nitrogens is 2. The van der Waals surface area contributed by atoms with Crippen LogP contribution in [0.15, 0.2) is 48.7 Å². The lowest BCUT2D eigenvalue weighted by Crippen LogP contribution is -2.14. The number of anilines is 1. The minimum atomic E-state index is -0.622. The highest BCUT2D eigenvalue weighted by atomic mass is 35.5. The van der Waals surface area contributed by atoms with Gasteiger partial charge in [-0.15, -0.1) is 0 Å². The van der Waals surface area contributed by atoms with Crippen LogP contribution >= 0.6 is 11.6 Å². The molecule has 0 spiro atoms. The highest BCUT2D eigenvalue weighted by molar-refractivity contribution is 6.32. The van der Waals surface area contributed by atoms with Gasteiger partial charge >= 0.3 is 5.97 Å². The van der Waals surface area contributed by atoms with Crippen molar-refractivity contribution < 1.29 is 19.1 Å². The topological polar surface area (TPSA) is 82.5 Å². The summed E-state index contributed by atoms with van der Waals surface area (Å²) in [6.45, 7) is 2.28. The number of nitrogens with one attached hydrogen (secondary N) is 1. The average Bonchev–Trinajstić information content (AvgIpc) is 3.08. The van der Waals surface area contributed by atoms with Gasteiger partial charge in [-0.3, -0.25) is 9.48 Å². The standard InChI is InChI=1S/C21H20ClN3O4/c1-13-4-9-16(22)18(10-13)29-12-14-5-7-15(8-6-14)20(26)23-17-11-25(2)24-19(17)21(27)28-3/h4-11H,12H2,1-3H3,(H,23,26). The van der Waals surface area contributed by atoms with Crippen LogP contribution in [-0.4, -0.2) is 28.8 Å². The van der Waals surface area contributed by atoms with Crippen LogP contribution in [0.5, 0.6) is 5.75 Å². The Labute approximate surface area is 173 Å². The van der Waals surface area contributed by atoms with E-state index < -0.39 is 5.97 Å². The van der Waals surface area contributed by atoms with Gasteiger partial charge in [0.2, 0.25) is 0 Å². The first-order chi connectivity index (χ1) is 13.9. The fraction of sp³-hybridized carbons (Fsp3) is 0.190. The number of benzene rings is 2. The zero-order chi connectivity index (χ0) is 21.0. The Balaban J connectivity index is 1.66. The van der Waals surface area contributed by atoms with E-state index in [9.17, 15) is 9.59 Å². The molecule has 1 heterocycles. The van der Waals surface area contributed by atoms with Crippen LogP contribution < -0.4 is 10.1 Å². The summed E-state index contributed by atoms with van der Waals surface area (Å²) in [5.41, 5.74) is 2.70. The number of ether oxygens (including phenoxy) is 2. The van der Waals surface area contributed by atoms with Crippen molar-refractivity contribution in [1.82, 2.24) is 9.78 Å². The number of hydrogen-bond donors (Lipinski definition) is 1. The van der Waals surface area contributed by atoms with Gasteiger partial charge in [-0.1, -0.05) is 29.8 Å². The highest BCUT2D eigenvalue weighted by Crippen LogP contribution is 2.26. The van der Waals surface area contributed by atoms with Crippen LogP contribution in [0, 0.1) is 6.92 Å². The Bertz CT molecular complexity index is 1040. The third-order valence-electron chi connectivity index (χ3n) is 4.15. The van der Waals surface area contributed by atoms with Crippen molar-refractivity contribution in [2.75, 3.05) is 12.4 Å². The molecule has 0 aliphatic carbocycles. The molecule has 1 N–H and O–H groups in total. The molecule has 1 aromatic heterocycles. The quantitative estimate of drug-likeness (QED) is 0.617. The first-order valence-electron chi connectivity index (χ1n) is 8.78. The maximum absolute atomic E-state index is 12.5. The minimum Gasteiger partial charge on any atom is -0.487 e. The van der Waals surface area contributed by atoms with E-state index >= 15 is 0 Å². The second-order valence-electron chi connectivity index (χ2n) is 6.43. The summed E-state index contributed by atoms with van der Waals surface area (Å²) in [6.07, 6.45) is 1.54. The Morgan fingerprint density at radius 1 is 1.17 bits per heavy atom. The second-order valence-corrected chi connectivity index (χ2v) is 6.84. The molecule has 0 radical (unpaired) electrons. The molecule has 0 fully saturated rings. The number of amides is 1. The van der Waals surface area contributed by atoms with Crippen molar-refractivity contribution in [3.05, 3.63) is 76.1 Å². The highest BCUT2D eigenvalue weighted by Gasteiger charge is 2.19. The maximum atomic E-state index is 12.5. The van der Waals surface area contributed by atoms with E-state index in [1.807, 2.05) is 19.1 Å². The van der Waals surface area contributed by atoms with Gasteiger partial charge in [0.05, 0.1) is 17.8 Å². The SMILES string of the molecule is COC(=O)c1nn(C)cc1NC(=O)c1ccc(COc2cc(C)ccc2Cl)cc1. The van der Waals surface area contributed by atoms with Gasteiger partial charge in [-0.2, -0.15) is 5.10 Å². The van der Waals surface area contributed by atoms with E-state index in [2.05, 4.69) is 15.2 Å². The Morgan fingerprint density at radius 2 is 1.90 bits per heavy atom. The summed E-state index contributed by atoms with van der Waals surface area (Å²) in [4.78, 5) is 24.3.